The maximum Gasteiger partial charge on any atom is 0.355 e. The Hall–Kier alpha value is -4.38. The summed E-state index contributed by atoms with van der Waals surface area (Å²) in [6.45, 7) is 7.64. The van der Waals surface area contributed by atoms with Gasteiger partial charge in [-0.05, 0) is 93.9 Å². The lowest BCUT2D eigenvalue weighted by molar-refractivity contribution is 0.0690. The number of carboxylic acid groups (broad SMARTS) is 1. The number of aromatic carboxylic acids is 1. The largest absolute Gasteiger partial charge is 0.476 e. The van der Waals surface area contributed by atoms with E-state index >= 15 is 0 Å². The number of nitrogens with two attached hydrogens (primary N) is 1. The summed E-state index contributed by atoms with van der Waals surface area (Å²) in [6, 6.07) is 11.7. The molecule has 2 aliphatic carbocycles. The number of pyridine rings is 1. The minimum Gasteiger partial charge on any atom is -0.476 e. The van der Waals surface area contributed by atoms with Gasteiger partial charge in [-0.1, -0.05) is 43.2 Å². The molecule has 4 heterocycles. The molecule has 3 aliphatic rings. The van der Waals surface area contributed by atoms with Crippen molar-refractivity contribution in [3.8, 4) is 0 Å². The zero-order valence-electron chi connectivity index (χ0n) is 27.3. The number of carboxylic acids is 1. The molecule has 2 bridgehead atoms. The van der Waals surface area contributed by atoms with E-state index in [1.165, 1.54) is 38.3 Å². The van der Waals surface area contributed by atoms with Crippen LogP contribution in [0.25, 0.3) is 15.8 Å². The molecule has 244 valence electrons. The van der Waals surface area contributed by atoms with Crippen LogP contribution in [0.3, 0.4) is 0 Å². The number of rotatable bonds is 9. The van der Waals surface area contributed by atoms with Gasteiger partial charge in [0.1, 0.15) is 5.82 Å². The number of allylic oxidation sites excluding steroid dienone is 1. The van der Waals surface area contributed by atoms with E-state index in [1.54, 1.807) is 17.4 Å². The molecule has 4 aromatic rings. The van der Waals surface area contributed by atoms with Crippen LogP contribution in [0, 0.1) is 24.2 Å². The van der Waals surface area contributed by atoms with E-state index in [4.69, 9.17) is 10.7 Å². The van der Waals surface area contributed by atoms with Gasteiger partial charge >= 0.3 is 5.97 Å². The van der Waals surface area contributed by atoms with Crippen molar-refractivity contribution in [1.29, 1.82) is 0 Å². The number of benzene rings is 1. The summed E-state index contributed by atoms with van der Waals surface area (Å²) in [7, 11) is 0. The predicted molar refractivity (Wildman–Crippen MR) is 189 cm³/mol. The molecule has 11 heteroatoms. The Morgan fingerprint density at radius 2 is 1.96 bits per heavy atom. The molecule has 0 radical (unpaired) electrons. The fourth-order valence-corrected chi connectivity index (χ4v) is 8.96. The van der Waals surface area contributed by atoms with E-state index in [9.17, 15) is 9.90 Å². The molecule has 7 rings (SSSR count). The van der Waals surface area contributed by atoms with Crippen LogP contribution in [0.5, 0.6) is 0 Å². The van der Waals surface area contributed by atoms with Gasteiger partial charge in [0.2, 0.25) is 0 Å². The molecule has 0 spiro atoms. The van der Waals surface area contributed by atoms with Crippen molar-refractivity contribution in [3.05, 3.63) is 65.0 Å². The SMILES string of the molecule is CCC1(CN=C(C)C(=CN)c2ccc(N3CCCc4c3nnc(Nc3nc5ccccc5s3)c4C)nc2C(=O)O)CC2CCC(C2)C1. The highest BCUT2D eigenvalue weighted by Gasteiger charge is 2.42. The van der Waals surface area contributed by atoms with Crippen LogP contribution in [0.4, 0.5) is 22.6 Å². The molecule has 2 atom stereocenters. The van der Waals surface area contributed by atoms with Gasteiger partial charge in [-0.2, -0.15) is 0 Å². The highest BCUT2D eigenvalue weighted by Crippen LogP contribution is 2.52. The van der Waals surface area contributed by atoms with Crippen molar-refractivity contribution in [2.45, 2.75) is 72.1 Å². The molecule has 10 nitrogen and oxygen atoms in total. The molecule has 3 aromatic heterocycles. The predicted octanol–water partition coefficient (Wildman–Crippen LogP) is 7.68. The first kappa shape index (κ1) is 31.2. The van der Waals surface area contributed by atoms with E-state index in [2.05, 4.69) is 32.4 Å². The number of nitrogens with zero attached hydrogens (tertiary/aromatic N) is 6. The maximum absolute atomic E-state index is 12.6. The molecule has 2 saturated carbocycles. The molecular weight excluding hydrogens is 609 g/mol. The number of hydrogen-bond donors (Lipinski definition) is 3. The van der Waals surface area contributed by atoms with Crippen molar-refractivity contribution < 1.29 is 9.90 Å². The summed E-state index contributed by atoms with van der Waals surface area (Å²) in [5.74, 6) is 2.40. The van der Waals surface area contributed by atoms with Gasteiger partial charge in [0.05, 0.1) is 10.2 Å². The van der Waals surface area contributed by atoms with Gasteiger partial charge < -0.3 is 21.1 Å². The van der Waals surface area contributed by atoms with E-state index in [-0.39, 0.29) is 11.1 Å². The third kappa shape index (κ3) is 5.97. The van der Waals surface area contributed by atoms with Gasteiger partial charge in [-0.3, -0.25) is 4.99 Å². The van der Waals surface area contributed by atoms with Crippen molar-refractivity contribution in [2.75, 3.05) is 23.3 Å². The number of aromatic nitrogens is 4. The zero-order valence-corrected chi connectivity index (χ0v) is 28.1. The zero-order chi connectivity index (χ0) is 32.7. The molecule has 1 aliphatic heterocycles. The Morgan fingerprint density at radius 3 is 2.68 bits per heavy atom. The van der Waals surface area contributed by atoms with E-state index in [1.807, 2.05) is 49.1 Å². The first-order valence-corrected chi connectivity index (χ1v) is 17.5. The molecule has 2 unspecified atom stereocenters. The highest BCUT2D eigenvalue weighted by atomic mass is 32.1. The second kappa shape index (κ2) is 12.7. The summed E-state index contributed by atoms with van der Waals surface area (Å²) in [5.41, 5.74) is 11.1. The Balaban J connectivity index is 1.15. The van der Waals surface area contributed by atoms with Gasteiger partial charge in [-0.15, -0.1) is 10.2 Å². The van der Waals surface area contributed by atoms with Crippen molar-refractivity contribution in [2.24, 2.45) is 28.0 Å². The van der Waals surface area contributed by atoms with Gasteiger partial charge in [0.15, 0.2) is 22.5 Å². The second-order valence-corrected chi connectivity index (χ2v) is 14.5. The summed E-state index contributed by atoms with van der Waals surface area (Å²) in [4.78, 5) is 29.0. The minimum atomic E-state index is -1.11. The number of para-hydroxylation sites is 1. The van der Waals surface area contributed by atoms with Crippen LogP contribution < -0.4 is 16.0 Å². The quantitative estimate of drug-likeness (QED) is 0.155. The first-order chi connectivity index (χ1) is 22.8. The average Bonchev–Trinajstić information content (AvgIpc) is 3.66. The number of aliphatic imine (C=N–C) groups is 1. The average molecular weight is 651 g/mol. The lowest BCUT2D eigenvalue weighted by atomic mass is 9.67. The summed E-state index contributed by atoms with van der Waals surface area (Å²) < 4.78 is 1.10. The monoisotopic (exact) mass is 650 g/mol. The van der Waals surface area contributed by atoms with Crippen LogP contribution in [-0.2, 0) is 6.42 Å². The second-order valence-electron chi connectivity index (χ2n) is 13.5. The van der Waals surface area contributed by atoms with Gasteiger partial charge in [0, 0.05) is 47.3 Å². The smallest absolute Gasteiger partial charge is 0.355 e. The number of carbonyl (C=O) groups is 1. The number of anilines is 4. The van der Waals surface area contributed by atoms with E-state index in [0.29, 0.717) is 35.1 Å². The normalized spacial score (nSPS) is 22.8. The number of fused-ring (bicyclic) bond motifs is 4. The van der Waals surface area contributed by atoms with Crippen molar-refractivity contribution in [3.63, 3.8) is 0 Å². The van der Waals surface area contributed by atoms with Crippen molar-refractivity contribution >= 4 is 61.4 Å². The summed E-state index contributed by atoms with van der Waals surface area (Å²) in [6.07, 6.45) is 10.8. The summed E-state index contributed by atoms with van der Waals surface area (Å²) in [5, 5.41) is 23.6. The molecule has 4 N–H and O–H groups in total. The number of nitrogens with one attached hydrogen (secondary N) is 1. The van der Waals surface area contributed by atoms with Crippen LogP contribution in [0.15, 0.2) is 47.6 Å². The van der Waals surface area contributed by atoms with Crippen LogP contribution in [-0.4, -0.2) is 50.0 Å². The molecule has 0 saturated heterocycles. The van der Waals surface area contributed by atoms with Crippen LogP contribution in [0.1, 0.15) is 86.0 Å². The molecule has 0 amide bonds. The third-order valence-corrected chi connectivity index (χ3v) is 11.6. The highest BCUT2D eigenvalue weighted by molar-refractivity contribution is 7.22. The molecular formula is C36H42N8O2S. The van der Waals surface area contributed by atoms with Gasteiger partial charge in [-0.25, -0.2) is 14.8 Å². The topological polar surface area (TPSA) is 143 Å². The minimum absolute atomic E-state index is 0.0550. The fourth-order valence-electron chi connectivity index (χ4n) is 8.09. The molecule has 47 heavy (non-hydrogen) atoms. The molecule has 1 aromatic carbocycles. The standard InChI is InChI=1S/C36H42N8O2S/c1-4-36(17-23-11-12-24(16-23)18-36)20-38-22(3)27(19-37)26-13-14-30(40-31(26)34(45)46)44-15-7-8-25-21(2)32(42-43-33(25)44)41-35-39-28-9-5-6-10-29(28)47-35/h5-6,9-10,13-14,19,23-24H,4,7-8,11-12,15-18,20,37H2,1-3H3,(H,45,46)(H,39,41,42). The molecule has 2 fully saturated rings. The van der Waals surface area contributed by atoms with E-state index < -0.39 is 5.97 Å². The third-order valence-electron chi connectivity index (χ3n) is 10.6. The lowest BCUT2D eigenvalue weighted by Gasteiger charge is -2.39. The fraction of sp³-hybridized carbons (Fsp3) is 0.444. The Bertz CT molecular complexity index is 1850. The van der Waals surface area contributed by atoms with Gasteiger partial charge in [0.25, 0.3) is 0 Å². The Morgan fingerprint density at radius 1 is 1.17 bits per heavy atom. The summed E-state index contributed by atoms with van der Waals surface area (Å²) >= 11 is 1.57. The number of hydrogen-bond acceptors (Lipinski definition) is 10. The first-order valence-electron chi connectivity index (χ1n) is 16.7. The Kier molecular flexibility index (Phi) is 8.42. The van der Waals surface area contributed by atoms with E-state index in [0.717, 1.165) is 69.8 Å². The van der Waals surface area contributed by atoms with Crippen LogP contribution >= 0.6 is 11.3 Å². The van der Waals surface area contributed by atoms with Crippen molar-refractivity contribution in [1.82, 2.24) is 20.2 Å². The van der Waals surface area contributed by atoms with Crippen LogP contribution in [0.2, 0.25) is 0 Å². The maximum atomic E-state index is 12.6. The number of thiazole rings is 1. The Labute approximate surface area is 279 Å². The lowest BCUT2D eigenvalue weighted by Crippen LogP contribution is -2.32.